The van der Waals surface area contributed by atoms with Gasteiger partial charge in [-0.25, -0.2) is 14.8 Å². The Morgan fingerprint density at radius 3 is 2.39 bits per heavy atom. The van der Waals surface area contributed by atoms with Crippen molar-refractivity contribution in [3.8, 4) is 11.4 Å². The molecule has 0 amide bonds. The highest BCUT2D eigenvalue weighted by atomic mass is 35.5. The lowest BCUT2D eigenvalue weighted by atomic mass is 10.0. The van der Waals surface area contributed by atoms with Crippen LogP contribution < -0.4 is 17.7 Å². The first-order valence-electron chi connectivity index (χ1n) is 8.78. The molecular formula is C21H19ClN3O3-. The number of halogens is 1. The molecule has 4 aromatic rings. The molecule has 6 nitrogen and oxygen atoms in total. The summed E-state index contributed by atoms with van der Waals surface area (Å²) in [5.74, 6) is -0.160. The number of carboxylic acid groups (broad SMARTS) is 1. The molecule has 28 heavy (non-hydrogen) atoms. The van der Waals surface area contributed by atoms with Gasteiger partial charge in [0, 0.05) is 10.9 Å². The quantitative estimate of drug-likeness (QED) is 0.532. The summed E-state index contributed by atoms with van der Waals surface area (Å²) in [7, 11) is 0. The second-order valence-corrected chi connectivity index (χ2v) is 6.74. The van der Waals surface area contributed by atoms with Crippen molar-refractivity contribution in [1.82, 2.24) is 9.97 Å². The summed E-state index contributed by atoms with van der Waals surface area (Å²) in [4.78, 5) is 21.0. The Kier molecular flexibility index (Phi) is 5.51. The van der Waals surface area contributed by atoms with E-state index in [1.54, 1.807) is 0 Å². The molecule has 0 bridgehead atoms. The zero-order chi connectivity index (χ0) is 19.0. The zero-order valence-corrected chi connectivity index (χ0v) is 16.1. The summed E-state index contributed by atoms with van der Waals surface area (Å²) in [5, 5.41) is 13.5. The van der Waals surface area contributed by atoms with Gasteiger partial charge < -0.3 is 27.2 Å². The number of furan rings is 1. The fraction of sp³-hybridized carbons (Fsp3) is 0.190. The maximum absolute atomic E-state index is 11.7. The normalized spacial score (nSPS) is 12.1. The van der Waals surface area contributed by atoms with Crippen LogP contribution in [-0.2, 0) is 4.79 Å². The van der Waals surface area contributed by atoms with Crippen LogP contribution in [0.25, 0.3) is 33.5 Å². The number of hydrogen-bond donors (Lipinski definition) is 2. The minimum atomic E-state index is -0.936. The molecule has 0 spiro atoms. The summed E-state index contributed by atoms with van der Waals surface area (Å²) in [6.45, 7) is 3.70. The average Bonchev–Trinajstić information content (AvgIpc) is 3.05. The number of rotatable bonds is 5. The fourth-order valence-corrected chi connectivity index (χ4v) is 3.07. The van der Waals surface area contributed by atoms with Crippen molar-refractivity contribution < 1.29 is 26.7 Å². The second kappa shape index (κ2) is 7.86. The number of anilines is 1. The lowest BCUT2D eigenvalue weighted by Crippen LogP contribution is -3.00. The standard InChI is InChI=1S/C21H19N3O3.ClH/c1-12(2)16(21(25)26)22-20-18-17(14-10-6-7-11-15(14)27-18)23-19(24-20)13-8-4-3-5-9-13;/h3-12,16H,1-2H3,(H,25,26)(H,22,23,24);1H/p-1/t16-;/m0./s1. The number of aromatic nitrogens is 2. The Morgan fingerprint density at radius 2 is 1.71 bits per heavy atom. The van der Waals surface area contributed by atoms with Crippen molar-refractivity contribution in [3.05, 3.63) is 54.6 Å². The van der Waals surface area contributed by atoms with E-state index in [9.17, 15) is 9.90 Å². The van der Waals surface area contributed by atoms with Gasteiger partial charge in [0.25, 0.3) is 0 Å². The van der Waals surface area contributed by atoms with Crippen LogP contribution in [0.3, 0.4) is 0 Å². The SMILES string of the molecule is CC(C)[C@H](Nc1nc(-c2ccccc2)nc2c1oc1ccccc12)C(=O)O.[Cl-]. The third-order valence-corrected chi connectivity index (χ3v) is 4.48. The third-order valence-electron chi connectivity index (χ3n) is 4.48. The van der Waals surface area contributed by atoms with Crippen molar-refractivity contribution >= 4 is 33.9 Å². The van der Waals surface area contributed by atoms with Crippen LogP contribution in [0.15, 0.2) is 59.0 Å². The minimum absolute atomic E-state index is 0. The Bertz CT molecular complexity index is 1130. The van der Waals surface area contributed by atoms with Crippen molar-refractivity contribution in [2.45, 2.75) is 19.9 Å². The first-order valence-corrected chi connectivity index (χ1v) is 8.78. The number of aliphatic carboxylic acids is 1. The molecule has 4 rings (SSSR count). The highest BCUT2D eigenvalue weighted by Gasteiger charge is 2.25. The first-order chi connectivity index (χ1) is 13.0. The maximum atomic E-state index is 11.7. The van der Waals surface area contributed by atoms with Crippen LogP contribution in [0.5, 0.6) is 0 Å². The van der Waals surface area contributed by atoms with Crippen LogP contribution in [0, 0.1) is 5.92 Å². The predicted octanol–water partition coefficient (Wildman–Crippen LogP) is 1.57. The number of benzene rings is 2. The van der Waals surface area contributed by atoms with E-state index in [0.717, 1.165) is 10.9 Å². The highest BCUT2D eigenvalue weighted by Crippen LogP contribution is 2.33. The first kappa shape index (κ1) is 19.6. The monoisotopic (exact) mass is 396 g/mol. The topological polar surface area (TPSA) is 88.3 Å². The van der Waals surface area contributed by atoms with Crippen LogP contribution in [0.4, 0.5) is 5.82 Å². The molecule has 0 fully saturated rings. The molecule has 2 aromatic heterocycles. The molecule has 0 radical (unpaired) electrons. The Morgan fingerprint density at radius 1 is 1.04 bits per heavy atom. The second-order valence-electron chi connectivity index (χ2n) is 6.74. The molecule has 2 aromatic carbocycles. The van der Waals surface area contributed by atoms with Crippen molar-refractivity contribution in [1.29, 1.82) is 0 Å². The minimum Gasteiger partial charge on any atom is -1.00 e. The van der Waals surface area contributed by atoms with Crippen molar-refractivity contribution in [2.75, 3.05) is 5.32 Å². The summed E-state index contributed by atoms with van der Waals surface area (Å²) in [5.41, 5.74) is 2.66. The molecule has 144 valence electrons. The molecule has 1 atom stereocenters. The van der Waals surface area contributed by atoms with E-state index in [0.29, 0.717) is 28.3 Å². The number of para-hydroxylation sites is 1. The lowest BCUT2D eigenvalue weighted by molar-refractivity contribution is -0.138. The number of fused-ring (bicyclic) bond motifs is 3. The summed E-state index contributed by atoms with van der Waals surface area (Å²) >= 11 is 0. The van der Waals surface area contributed by atoms with E-state index < -0.39 is 12.0 Å². The van der Waals surface area contributed by atoms with E-state index >= 15 is 0 Å². The van der Waals surface area contributed by atoms with Crippen LogP contribution in [0.2, 0.25) is 0 Å². The van der Waals surface area contributed by atoms with E-state index in [2.05, 4.69) is 10.3 Å². The van der Waals surface area contributed by atoms with Gasteiger partial charge in [-0.15, -0.1) is 0 Å². The summed E-state index contributed by atoms with van der Waals surface area (Å²) < 4.78 is 5.95. The maximum Gasteiger partial charge on any atom is 0.326 e. The molecular weight excluding hydrogens is 378 g/mol. The molecule has 0 aliphatic rings. The van der Waals surface area contributed by atoms with Gasteiger partial charge >= 0.3 is 5.97 Å². The number of nitrogens with one attached hydrogen (secondary N) is 1. The van der Waals surface area contributed by atoms with Gasteiger partial charge in [-0.2, -0.15) is 0 Å². The average molecular weight is 397 g/mol. The number of nitrogens with zero attached hydrogens (tertiary/aromatic N) is 2. The van der Waals surface area contributed by atoms with Crippen molar-refractivity contribution in [3.63, 3.8) is 0 Å². The van der Waals surface area contributed by atoms with Gasteiger partial charge in [-0.3, -0.25) is 0 Å². The van der Waals surface area contributed by atoms with Gasteiger partial charge in [0.05, 0.1) is 0 Å². The molecule has 0 aliphatic carbocycles. The van der Waals surface area contributed by atoms with Crippen LogP contribution in [0.1, 0.15) is 13.8 Å². The lowest BCUT2D eigenvalue weighted by Gasteiger charge is -2.18. The Hall–Kier alpha value is -3.12. The van der Waals surface area contributed by atoms with E-state index in [1.807, 2.05) is 68.4 Å². The Labute approximate surface area is 168 Å². The van der Waals surface area contributed by atoms with E-state index in [-0.39, 0.29) is 18.3 Å². The third kappa shape index (κ3) is 3.51. The van der Waals surface area contributed by atoms with Gasteiger partial charge in [0.2, 0.25) is 0 Å². The predicted molar refractivity (Wildman–Crippen MR) is 105 cm³/mol. The Balaban J connectivity index is 0.00000225. The number of hydrogen-bond acceptors (Lipinski definition) is 5. The molecule has 7 heteroatoms. The molecule has 2 N–H and O–H groups in total. The summed E-state index contributed by atoms with van der Waals surface area (Å²) in [6, 6.07) is 16.4. The van der Waals surface area contributed by atoms with Gasteiger partial charge in [-0.1, -0.05) is 56.3 Å². The summed E-state index contributed by atoms with van der Waals surface area (Å²) in [6.07, 6.45) is 0. The fourth-order valence-electron chi connectivity index (χ4n) is 3.07. The molecule has 0 saturated carbocycles. The molecule has 0 saturated heterocycles. The molecule has 2 heterocycles. The van der Waals surface area contributed by atoms with E-state index in [1.165, 1.54) is 0 Å². The van der Waals surface area contributed by atoms with E-state index in [4.69, 9.17) is 9.40 Å². The van der Waals surface area contributed by atoms with Gasteiger partial charge in [0.15, 0.2) is 17.2 Å². The largest absolute Gasteiger partial charge is 1.00 e. The number of carbonyl (C=O) groups is 1. The smallest absolute Gasteiger partial charge is 0.326 e. The van der Waals surface area contributed by atoms with Crippen LogP contribution in [-0.4, -0.2) is 27.1 Å². The van der Waals surface area contributed by atoms with Gasteiger partial charge in [0.1, 0.15) is 17.1 Å². The van der Waals surface area contributed by atoms with Gasteiger partial charge in [-0.05, 0) is 18.1 Å². The molecule has 0 aliphatic heterocycles. The van der Waals surface area contributed by atoms with Crippen molar-refractivity contribution in [2.24, 2.45) is 5.92 Å². The number of carboxylic acids is 1. The van der Waals surface area contributed by atoms with Crippen LogP contribution >= 0.6 is 0 Å². The zero-order valence-electron chi connectivity index (χ0n) is 15.4. The molecule has 0 unspecified atom stereocenters. The highest BCUT2D eigenvalue weighted by molar-refractivity contribution is 6.06.